The Labute approximate surface area is 48.7 Å². The Hall–Kier alpha value is -1.05. The normalized spacial score (nSPS) is 10.9. The Bertz CT molecular complexity index is 135. The molecule has 8 heavy (non-hydrogen) atoms. The second kappa shape index (κ2) is 3.02. The fourth-order valence-corrected chi connectivity index (χ4v) is 0.294. The Kier molecular flexibility index (Phi) is 2.62. The summed E-state index contributed by atoms with van der Waals surface area (Å²) in [6.07, 6.45) is 2.76. The SMILES string of the molecule is C=C/C(N)=C/C(C)=O. The first-order valence-electron chi connectivity index (χ1n) is 2.27. The van der Waals surface area contributed by atoms with Gasteiger partial charge in [-0.25, -0.2) is 0 Å². The van der Waals surface area contributed by atoms with E-state index in [0.717, 1.165) is 0 Å². The van der Waals surface area contributed by atoms with Crippen LogP contribution in [0.15, 0.2) is 24.4 Å². The first-order valence-corrected chi connectivity index (χ1v) is 2.27. The average Bonchev–Trinajstić information content (AvgIpc) is 1.65. The molecule has 0 aliphatic heterocycles. The van der Waals surface area contributed by atoms with Crippen molar-refractivity contribution in [2.24, 2.45) is 5.73 Å². The van der Waals surface area contributed by atoms with Crippen molar-refractivity contribution in [2.75, 3.05) is 0 Å². The van der Waals surface area contributed by atoms with E-state index in [1.165, 1.54) is 19.1 Å². The number of carbonyl (C=O) groups is 1. The monoisotopic (exact) mass is 111 g/mol. The molecule has 0 aromatic rings. The number of hydrogen-bond donors (Lipinski definition) is 1. The maximum absolute atomic E-state index is 10.2. The molecular weight excluding hydrogens is 102 g/mol. The number of nitrogens with two attached hydrogens (primary N) is 1. The van der Waals surface area contributed by atoms with Gasteiger partial charge in [0.05, 0.1) is 0 Å². The van der Waals surface area contributed by atoms with E-state index in [2.05, 4.69) is 6.58 Å². The predicted octanol–water partition coefficient (Wildman–Crippen LogP) is 0.604. The minimum absolute atomic E-state index is 0.0533. The van der Waals surface area contributed by atoms with Gasteiger partial charge in [0.1, 0.15) is 0 Å². The number of ketones is 1. The third-order valence-corrected chi connectivity index (χ3v) is 0.606. The molecule has 0 spiro atoms. The maximum atomic E-state index is 10.2. The number of carbonyl (C=O) groups excluding carboxylic acids is 1. The van der Waals surface area contributed by atoms with Gasteiger partial charge in [-0.1, -0.05) is 6.58 Å². The molecule has 0 radical (unpaired) electrons. The zero-order valence-electron chi connectivity index (χ0n) is 4.85. The largest absolute Gasteiger partial charge is 0.399 e. The molecular formula is C6H9NO. The highest BCUT2D eigenvalue weighted by Gasteiger charge is 1.83. The summed E-state index contributed by atoms with van der Waals surface area (Å²) in [5, 5.41) is 0. The lowest BCUT2D eigenvalue weighted by Crippen LogP contribution is -1.95. The fraction of sp³-hybridized carbons (Fsp3) is 0.167. The van der Waals surface area contributed by atoms with Crippen molar-refractivity contribution in [3.63, 3.8) is 0 Å². The van der Waals surface area contributed by atoms with Crippen molar-refractivity contribution >= 4 is 5.78 Å². The second-order valence-electron chi connectivity index (χ2n) is 1.46. The molecule has 2 nitrogen and oxygen atoms in total. The topological polar surface area (TPSA) is 43.1 Å². The van der Waals surface area contributed by atoms with Crippen molar-refractivity contribution in [1.82, 2.24) is 0 Å². The van der Waals surface area contributed by atoms with E-state index in [1.807, 2.05) is 0 Å². The van der Waals surface area contributed by atoms with Crippen LogP contribution in [0.3, 0.4) is 0 Å². The maximum Gasteiger partial charge on any atom is 0.154 e. The highest BCUT2D eigenvalue weighted by Crippen LogP contribution is 1.82. The first kappa shape index (κ1) is 6.95. The molecule has 44 valence electrons. The molecule has 0 aliphatic carbocycles. The molecule has 0 aromatic carbocycles. The summed E-state index contributed by atoms with van der Waals surface area (Å²) in [7, 11) is 0. The van der Waals surface area contributed by atoms with E-state index in [0.29, 0.717) is 5.70 Å². The van der Waals surface area contributed by atoms with Crippen molar-refractivity contribution in [2.45, 2.75) is 6.92 Å². The van der Waals surface area contributed by atoms with Gasteiger partial charge in [-0.2, -0.15) is 0 Å². The van der Waals surface area contributed by atoms with E-state index in [9.17, 15) is 4.79 Å². The number of hydrogen-bond acceptors (Lipinski definition) is 2. The van der Waals surface area contributed by atoms with Crippen molar-refractivity contribution in [3.05, 3.63) is 24.4 Å². The van der Waals surface area contributed by atoms with Gasteiger partial charge >= 0.3 is 0 Å². The zero-order valence-corrected chi connectivity index (χ0v) is 4.85. The summed E-state index contributed by atoms with van der Waals surface area (Å²) in [4.78, 5) is 10.2. The van der Waals surface area contributed by atoms with E-state index in [1.54, 1.807) is 0 Å². The summed E-state index contributed by atoms with van der Waals surface area (Å²) >= 11 is 0. The summed E-state index contributed by atoms with van der Waals surface area (Å²) in [6, 6.07) is 0. The van der Waals surface area contributed by atoms with Crippen molar-refractivity contribution in [1.29, 1.82) is 0 Å². The predicted molar refractivity (Wildman–Crippen MR) is 33.1 cm³/mol. The molecule has 0 saturated carbocycles. The summed E-state index contributed by atoms with van der Waals surface area (Å²) < 4.78 is 0. The van der Waals surface area contributed by atoms with Crippen LogP contribution in [-0.2, 0) is 4.79 Å². The van der Waals surface area contributed by atoms with Gasteiger partial charge in [-0.15, -0.1) is 0 Å². The molecule has 0 fully saturated rings. The molecule has 0 heterocycles. The smallest absolute Gasteiger partial charge is 0.154 e. The van der Waals surface area contributed by atoms with Crippen LogP contribution in [-0.4, -0.2) is 5.78 Å². The van der Waals surface area contributed by atoms with E-state index in [4.69, 9.17) is 5.73 Å². The summed E-state index contributed by atoms with van der Waals surface area (Å²) in [5.41, 5.74) is 5.61. The molecule has 2 heteroatoms. The standard InChI is InChI=1S/C6H9NO/c1-3-6(7)4-5(2)8/h3-4H,1,7H2,2H3/b6-4-. The Balaban J connectivity index is 3.94. The van der Waals surface area contributed by atoms with Crippen molar-refractivity contribution < 1.29 is 4.79 Å². The lowest BCUT2D eigenvalue weighted by atomic mass is 10.3. The lowest BCUT2D eigenvalue weighted by molar-refractivity contribution is -0.112. The third-order valence-electron chi connectivity index (χ3n) is 0.606. The molecule has 0 aromatic heterocycles. The molecule has 0 aliphatic rings. The van der Waals surface area contributed by atoms with Gasteiger partial charge in [-0.05, 0) is 13.0 Å². The molecule has 0 unspecified atom stereocenters. The lowest BCUT2D eigenvalue weighted by Gasteiger charge is -1.84. The molecule has 0 rings (SSSR count). The van der Waals surface area contributed by atoms with Gasteiger partial charge in [-0.3, -0.25) is 4.79 Å². The van der Waals surface area contributed by atoms with Gasteiger partial charge in [0.15, 0.2) is 5.78 Å². The fourth-order valence-electron chi connectivity index (χ4n) is 0.294. The molecule has 0 amide bonds. The molecule has 0 atom stereocenters. The van der Waals surface area contributed by atoms with Gasteiger partial charge in [0.2, 0.25) is 0 Å². The van der Waals surface area contributed by atoms with Crippen LogP contribution < -0.4 is 5.73 Å². The summed E-state index contributed by atoms with van der Waals surface area (Å²) in [6.45, 7) is 4.81. The van der Waals surface area contributed by atoms with E-state index >= 15 is 0 Å². The molecule has 0 bridgehead atoms. The molecule has 2 N–H and O–H groups in total. The van der Waals surface area contributed by atoms with E-state index < -0.39 is 0 Å². The van der Waals surface area contributed by atoms with Crippen LogP contribution in [0.5, 0.6) is 0 Å². The van der Waals surface area contributed by atoms with Crippen LogP contribution in [0.25, 0.3) is 0 Å². The number of allylic oxidation sites excluding steroid dienone is 2. The molecule has 0 saturated heterocycles. The average molecular weight is 111 g/mol. The zero-order chi connectivity index (χ0) is 6.57. The van der Waals surface area contributed by atoms with Crippen LogP contribution in [0.4, 0.5) is 0 Å². The van der Waals surface area contributed by atoms with Crippen molar-refractivity contribution in [3.8, 4) is 0 Å². The highest BCUT2D eigenvalue weighted by molar-refractivity contribution is 5.88. The Morgan fingerprint density at radius 1 is 1.75 bits per heavy atom. The highest BCUT2D eigenvalue weighted by atomic mass is 16.1. The summed E-state index contributed by atoms with van der Waals surface area (Å²) in [5.74, 6) is -0.0533. The van der Waals surface area contributed by atoms with Crippen LogP contribution >= 0.6 is 0 Å². The van der Waals surface area contributed by atoms with Crippen LogP contribution in [0.1, 0.15) is 6.92 Å². The number of rotatable bonds is 2. The van der Waals surface area contributed by atoms with Gasteiger partial charge < -0.3 is 5.73 Å². The Morgan fingerprint density at radius 2 is 2.25 bits per heavy atom. The second-order valence-corrected chi connectivity index (χ2v) is 1.46. The first-order chi connectivity index (χ1) is 3.66. The van der Waals surface area contributed by atoms with Gasteiger partial charge in [0, 0.05) is 11.8 Å². The van der Waals surface area contributed by atoms with Crippen LogP contribution in [0, 0.1) is 0 Å². The third kappa shape index (κ3) is 3.15. The van der Waals surface area contributed by atoms with Crippen LogP contribution in [0.2, 0.25) is 0 Å². The van der Waals surface area contributed by atoms with E-state index in [-0.39, 0.29) is 5.78 Å². The van der Waals surface area contributed by atoms with Gasteiger partial charge in [0.25, 0.3) is 0 Å². The quantitative estimate of drug-likeness (QED) is 0.419. The minimum atomic E-state index is -0.0533. The minimum Gasteiger partial charge on any atom is -0.399 e. The Morgan fingerprint density at radius 3 is 2.38 bits per heavy atom.